The van der Waals surface area contributed by atoms with Crippen LogP contribution in [0.4, 0.5) is 0 Å². The van der Waals surface area contributed by atoms with Gasteiger partial charge in [-0.05, 0) is 18.2 Å². The van der Waals surface area contributed by atoms with Crippen molar-refractivity contribution in [3.05, 3.63) is 63.8 Å². The van der Waals surface area contributed by atoms with E-state index in [9.17, 15) is 9.59 Å². The molecule has 9 heteroatoms. The minimum atomic E-state index is -0.274. The number of aromatic amines is 1. The molecule has 8 nitrogen and oxygen atoms in total. The molecular formula is C20H19ClN4O4. The second-order valence-corrected chi connectivity index (χ2v) is 7.02. The number of nitrogens with one attached hydrogen (secondary N) is 1. The summed E-state index contributed by atoms with van der Waals surface area (Å²) < 4.78 is 11.4. The van der Waals surface area contributed by atoms with Gasteiger partial charge >= 0.3 is 0 Å². The largest absolute Gasteiger partial charge is 0.488 e. The van der Waals surface area contributed by atoms with Gasteiger partial charge in [-0.1, -0.05) is 29.8 Å². The maximum absolute atomic E-state index is 12.8. The van der Waals surface area contributed by atoms with E-state index in [1.807, 2.05) is 6.07 Å². The molecule has 1 unspecified atom stereocenters. The number of aromatic nitrogens is 3. The first-order valence-corrected chi connectivity index (χ1v) is 9.58. The molecule has 0 aliphatic carbocycles. The van der Waals surface area contributed by atoms with Gasteiger partial charge < -0.3 is 14.4 Å². The van der Waals surface area contributed by atoms with Crippen molar-refractivity contribution < 1.29 is 14.3 Å². The number of benzene rings is 1. The van der Waals surface area contributed by atoms with Crippen molar-refractivity contribution in [1.82, 2.24) is 20.1 Å². The number of carbonyl (C=O) groups is 1. The summed E-state index contributed by atoms with van der Waals surface area (Å²) >= 11 is 6.00. The van der Waals surface area contributed by atoms with Crippen LogP contribution in [-0.4, -0.2) is 58.4 Å². The molecule has 1 aliphatic rings. The molecule has 1 N–H and O–H groups in total. The maximum atomic E-state index is 12.8. The summed E-state index contributed by atoms with van der Waals surface area (Å²) in [6.45, 7) is 1.57. The predicted molar refractivity (Wildman–Crippen MR) is 107 cm³/mol. The number of nitrogens with zero attached hydrogens (tertiary/aromatic N) is 3. The fourth-order valence-corrected chi connectivity index (χ4v) is 3.44. The summed E-state index contributed by atoms with van der Waals surface area (Å²) in [7, 11) is 0. The van der Waals surface area contributed by atoms with Crippen LogP contribution in [-0.2, 0) is 16.0 Å². The van der Waals surface area contributed by atoms with Gasteiger partial charge in [0.15, 0.2) is 10.9 Å². The monoisotopic (exact) mass is 414 g/mol. The fourth-order valence-electron chi connectivity index (χ4n) is 3.27. The lowest BCUT2D eigenvalue weighted by atomic mass is 10.1. The van der Waals surface area contributed by atoms with Gasteiger partial charge in [0.1, 0.15) is 12.7 Å². The van der Waals surface area contributed by atoms with E-state index in [1.54, 1.807) is 41.4 Å². The minimum Gasteiger partial charge on any atom is -0.488 e. The molecule has 0 bridgehead atoms. The third-order valence-electron chi connectivity index (χ3n) is 4.73. The summed E-state index contributed by atoms with van der Waals surface area (Å²) in [5.41, 5.74) is 0.279. The zero-order chi connectivity index (χ0) is 20.2. The van der Waals surface area contributed by atoms with E-state index in [-0.39, 0.29) is 35.8 Å². The molecule has 4 rings (SSSR count). The Balaban J connectivity index is 1.41. The molecule has 150 valence electrons. The number of halogens is 1. The van der Waals surface area contributed by atoms with Crippen molar-refractivity contribution in [2.24, 2.45) is 0 Å². The lowest BCUT2D eigenvalue weighted by Crippen LogP contribution is -2.48. The zero-order valence-corrected chi connectivity index (χ0v) is 16.3. The molecule has 1 fully saturated rings. The van der Waals surface area contributed by atoms with Crippen molar-refractivity contribution in [3.8, 4) is 5.75 Å². The van der Waals surface area contributed by atoms with Gasteiger partial charge in [0.2, 0.25) is 5.91 Å². The lowest BCUT2D eigenvalue weighted by molar-refractivity contribution is -0.139. The molecule has 1 aromatic carbocycles. The number of carbonyl (C=O) groups excluding carboxylic acids is 1. The van der Waals surface area contributed by atoms with Gasteiger partial charge in [0.25, 0.3) is 5.56 Å². The molecule has 0 saturated carbocycles. The smallest absolute Gasteiger partial charge is 0.272 e. The van der Waals surface area contributed by atoms with E-state index in [4.69, 9.17) is 21.1 Å². The Kier molecular flexibility index (Phi) is 5.73. The number of ether oxygens (including phenoxy) is 2. The second kappa shape index (κ2) is 8.59. The molecule has 3 heterocycles. The Morgan fingerprint density at radius 3 is 2.93 bits per heavy atom. The van der Waals surface area contributed by atoms with Crippen LogP contribution < -0.4 is 10.3 Å². The van der Waals surface area contributed by atoms with E-state index in [0.717, 1.165) is 0 Å². The van der Waals surface area contributed by atoms with Crippen LogP contribution in [0.25, 0.3) is 10.8 Å². The Hall–Kier alpha value is -2.97. The van der Waals surface area contributed by atoms with Gasteiger partial charge in [-0.25, -0.2) is 10.1 Å². The highest BCUT2D eigenvalue weighted by Gasteiger charge is 2.26. The van der Waals surface area contributed by atoms with E-state index >= 15 is 0 Å². The quantitative estimate of drug-likeness (QED) is 0.639. The number of amides is 1. The number of hydrogen-bond donors (Lipinski definition) is 1. The van der Waals surface area contributed by atoms with Gasteiger partial charge in [-0.15, -0.1) is 0 Å². The van der Waals surface area contributed by atoms with Crippen molar-refractivity contribution in [1.29, 1.82) is 0 Å². The molecule has 3 aromatic rings. The average molecular weight is 415 g/mol. The predicted octanol–water partition coefficient (Wildman–Crippen LogP) is 1.82. The molecule has 1 atom stereocenters. The minimum absolute atomic E-state index is 0.0811. The maximum Gasteiger partial charge on any atom is 0.272 e. The SMILES string of the molecule is O=C(Cc1n[nH]c(=O)c2ccccc12)N1CCOC(COc2cccnc2Cl)C1. The van der Waals surface area contributed by atoms with Gasteiger partial charge in [-0.2, -0.15) is 5.10 Å². The molecule has 0 radical (unpaired) electrons. The summed E-state index contributed by atoms with van der Waals surface area (Å²) in [6.07, 6.45) is 1.41. The molecule has 0 spiro atoms. The topological polar surface area (TPSA) is 97.4 Å². The summed E-state index contributed by atoms with van der Waals surface area (Å²) in [4.78, 5) is 30.4. The standard InChI is InChI=1S/C20H19ClN4O4/c21-19-17(6-3-7-22-19)29-12-13-11-25(8-9-28-13)18(26)10-16-14-4-1-2-5-15(14)20(27)24-23-16/h1-7,13H,8-12H2,(H,24,27). The Morgan fingerprint density at radius 2 is 2.10 bits per heavy atom. The van der Waals surface area contributed by atoms with Crippen molar-refractivity contribution in [2.45, 2.75) is 12.5 Å². The summed E-state index contributed by atoms with van der Waals surface area (Å²) in [5.74, 6) is 0.396. The van der Waals surface area contributed by atoms with E-state index in [1.165, 1.54) is 0 Å². The van der Waals surface area contributed by atoms with Crippen LogP contribution in [0.2, 0.25) is 5.15 Å². The highest BCUT2D eigenvalue weighted by Crippen LogP contribution is 2.21. The fraction of sp³-hybridized carbons (Fsp3) is 0.300. The molecule has 2 aromatic heterocycles. The summed E-state index contributed by atoms with van der Waals surface area (Å²) in [5, 5.41) is 8.04. The first kappa shape index (κ1) is 19.4. The number of fused-ring (bicyclic) bond motifs is 1. The van der Waals surface area contributed by atoms with Crippen molar-refractivity contribution in [2.75, 3.05) is 26.3 Å². The van der Waals surface area contributed by atoms with Gasteiger partial charge in [0, 0.05) is 18.1 Å². The number of H-pyrrole nitrogens is 1. The molecular weight excluding hydrogens is 396 g/mol. The highest BCUT2D eigenvalue weighted by atomic mass is 35.5. The van der Waals surface area contributed by atoms with Crippen LogP contribution >= 0.6 is 11.6 Å². The van der Waals surface area contributed by atoms with Gasteiger partial charge in [-0.3, -0.25) is 9.59 Å². The van der Waals surface area contributed by atoms with Crippen molar-refractivity contribution >= 4 is 28.3 Å². The molecule has 1 saturated heterocycles. The third-order valence-corrected chi connectivity index (χ3v) is 5.02. The van der Waals surface area contributed by atoms with Gasteiger partial charge in [0.05, 0.1) is 30.7 Å². The average Bonchev–Trinajstić information content (AvgIpc) is 2.75. The zero-order valence-electron chi connectivity index (χ0n) is 15.5. The first-order chi connectivity index (χ1) is 14.1. The Bertz CT molecular complexity index is 1090. The number of rotatable bonds is 5. The van der Waals surface area contributed by atoms with Crippen LogP contribution in [0.5, 0.6) is 5.75 Å². The first-order valence-electron chi connectivity index (χ1n) is 9.21. The van der Waals surface area contributed by atoms with Crippen molar-refractivity contribution in [3.63, 3.8) is 0 Å². The normalized spacial score (nSPS) is 16.7. The van der Waals surface area contributed by atoms with Crippen LogP contribution in [0.3, 0.4) is 0 Å². The molecule has 1 aliphatic heterocycles. The number of hydrogen-bond acceptors (Lipinski definition) is 6. The second-order valence-electron chi connectivity index (χ2n) is 6.66. The number of morpholine rings is 1. The molecule has 1 amide bonds. The lowest BCUT2D eigenvalue weighted by Gasteiger charge is -2.33. The van der Waals surface area contributed by atoms with E-state index in [0.29, 0.717) is 41.9 Å². The summed E-state index contributed by atoms with van der Waals surface area (Å²) in [6, 6.07) is 10.6. The Morgan fingerprint density at radius 1 is 1.28 bits per heavy atom. The van der Waals surface area contributed by atoms with Crippen LogP contribution in [0.1, 0.15) is 5.69 Å². The number of pyridine rings is 1. The molecule has 29 heavy (non-hydrogen) atoms. The van der Waals surface area contributed by atoms with Crippen LogP contribution in [0.15, 0.2) is 47.4 Å². The van der Waals surface area contributed by atoms with Crippen LogP contribution in [0, 0.1) is 0 Å². The Labute approximate surface area is 171 Å². The third kappa shape index (κ3) is 4.38. The highest BCUT2D eigenvalue weighted by molar-refractivity contribution is 6.30. The van der Waals surface area contributed by atoms with E-state index in [2.05, 4.69) is 15.2 Å². The van der Waals surface area contributed by atoms with E-state index < -0.39 is 0 Å².